The normalized spacial score (nSPS) is 22.5. The first-order chi connectivity index (χ1) is 7.27. The van der Waals surface area contributed by atoms with Crippen molar-refractivity contribution in [3.63, 3.8) is 0 Å². The van der Waals surface area contributed by atoms with Crippen LogP contribution in [0.15, 0.2) is 45.9 Å². The molecule has 2 heteroatoms. The van der Waals surface area contributed by atoms with Crippen LogP contribution in [0.3, 0.4) is 0 Å². The van der Waals surface area contributed by atoms with Gasteiger partial charge in [0.1, 0.15) is 0 Å². The predicted molar refractivity (Wildman–Crippen MR) is 67.7 cm³/mol. The molecule has 1 aliphatic carbocycles. The van der Waals surface area contributed by atoms with Crippen LogP contribution in [0.25, 0.3) is 5.57 Å². The van der Waals surface area contributed by atoms with Gasteiger partial charge in [0.05, 0.1) is 11.4 Å². The fraction of sp³-hybridized carbons (Fsp3) is 0.154. The lowest BCUT2D eigenvalue weighted by Gasteiger charge is -2.15. The van der Waals surface area contributed by atoms with E-state index < -0.39 is 0 Å². The zero-order valence-corrected chi connectivity index (χ0v) is 9.95. The van der Waals surface area contributed by atoms with E-state index in [9.17, 15) is 0 Å². The highest BCUT2D eigenvalue weighted by molar-refractivity contribution is 9.12. The van der Waals surface area contributed by atoms with Crippen molar-refractivity contribution < 1.29 is 0 Å². The van der Waals surface area contributed by atoms with Crippen LogP contribution in [-0.4, -0.2) is 5.71 Å². The average Bonchev–Trinajstić information content (AvgIpc) is 2.64. The second-order valence-electron chi connectivity index (χ2n) is 3.88. The molecule has 2 aliphatic rings. The minimum Gasteiger partial charge on any atom is -0.252 e. The SMILES string of the molecule is CC1C=CC(Br)=C2C1=Nc1ccccc12. The molecule has 0 saturated heterocycles. The Morgan fingerprint density at radius 2 is 2.07 bits per heavy atom. The van der Waals surface area contributed by atoms with E-state index in [0.717, 1.165) is 10.2 Å². The second kappa shape index (κ2) is 3.17. The van der Waals surface area contributed by atoms with Gasteiger partial charge in [-0.05, 0) is 6.07 Å². The van der Waals surface area contributed by atoms with Crippen molar-refractivity contribution in [1.82, 2.24) is 0 Å². The molecule has 0 amide bonds. The molecule has 0 radical (unpaired) electrons. The lowest BCUT2D eigenvalue weighted by Crippen LogP contribution is -2.11. The molecule has 0 spiro atoms. The van der Waals surface area contributed by atoms with Crippen molar-refractivity contribution in [3.8, 4) is 0 Å². The number of hydrogen-bond acceptors (Lipinski definition) is 1. The third kappa shape index (κ3) is 1.25. The Morgan fingerprint density at radius 1 is 1.27 bits per heavy atom. The van der Waals surface area contributed by atoms with Crippen LogP contribution in [0.2, 0.25) is 0 Å². The summed E-state index contributed by atoms with van der Waals surface area (Å²) in [4.78, 5) is 4.68. The van der Waals surface area contributed by atoms with Crippen molar-refractivity contribution in [3.05, 3.63) is 46.5 Å². The maximum absolute atomic E-state index is 4.68. The lowest BCUT2D eigenvalue weighted by molar-refractivity contribution is 1.00. The third-order valence-corrected chi connectivity index (χ3v) is 3.53. The van der Waals surface area contributed by atoms with Crippen LogP contribution in [0, 0.1) is 5.92 Å². The topological polar surface area (TPSA) is 12.4 Å². The van der Waals surface area contributed by atoms with Gasteiger partial charge >= 0.3 is 0 Å². The fourth-order valence-corrected chi connectivity index (χ4v) is 2.66. The van der Waals surface area contributed by atoms with Crippen molar-refractivity contribution >= 4 is 32.9 Å². The highest BCUT2D eigenvalue weighted by Gasteiger charge is 2.27. The number of para-hydroxylation sites is 1. The molecule has 74 valence electrons. The first-order valence-electron chi connectivity index (χ1n) is 5.03. The van der Waals surface area contributed by atoms with E-state index in [4.69, 9.17) is 0 Å². The predicted octanol–water partition coefficient (Wildman–Crippen LogP) is 4.08. The third-order valence-electron chi connectivity index (χ3n) is 2.87. The Labute approximate surface area is 97.4 Å². The number of allylic oxidation sites excluding steroid dienone is 4. The molecule has 0 bridgehead atoms. The van der Waals surface area contributed by atoms with Gasteiger partial charge in [-0.2, -0.15) is 0 Å². The van der Waals surface area contributed by atoms with E-state index in [2.05, 4.69) is 58.2 Å². The van der Waals surface area contributed by atoms with Gasteiger partial charge in [0.15, 0.2) is 0 Å². The van der Waals surface area contributed by atoms with E-state index in [1.165, 1.54) is 16.8 Å². The van der Waals surface area contributed by atoms with Crippen molar-refractivity contribution in [1.29, 1.82) is 0 Å². The van der Waals surface area contributed by atoms with Gasteiger partial charge in [-0.25, -0.2) is 0 Å². The smallest absolute Gasteiger partial charge is 0.0712 e. The minimum atomic E-state index is 0.411. The van der Waals surface area contributed by atoms with E-state index >= 15 is 0 Å². The maximum Gasteiger partial charge on any atom is 0.0712 e. The first-order valence-corrected chi connectivity index (χ1v) is 5.83. The molecule has 0 aromatic heterocycles. The number of fused-ring (bicyclic) bond motifs is 3. The van der Waals surface area contributed by atoms with E-state index in [0.29, 0.717) is 5.92 Å². The number of halogens is 1. The molecule has 1 heterocycles. The largest absolute Gasteiger partial charge is 0.252 e. The fourth-order valence-electron chi connectivity index (χ4n) is 2.09. The number of hydrogen-bond donors (Lipinski definition) is 0. The number of nitrogens with zero attached hydrogens (tertiary/aromatic N) is 1. The molecule has 15 heavy (non-hydrogen) atoms. The van der Waals surface area contributed by atoms with Gasteiger partial charge in [0.25, 0.3) is 0 Å². The van der Waals surface area contributed by atoms with Crippen LogP contribution in [0.1, 0.15) is 12.5 Å². The van der Waals surface area contributed by atoms with Crippen LogP contribution in [-0.2, 0) is 0 Å². The van der Waals surface area contributed by atoms with E-state index in [-0.39, 0.29) is 0 Å². The molecule has 1 aliphatic heterocycles. The van der Waals surface area contributed by atoms with E-state index in [1.54, 1.807) is 0 Å². The molecule has 0 N–H and O–H groups in total. The standard InChI is InChI=1S/C13H10BrN/c1-8-6-7-10(14)12-9-4-2-3-5-11(9)15-13(8)12/h2-8H,1H3. The molecule has 3 rings (SSSR count). The molecule has 0 saturated carbocycles. The van der Waals surface area contributed by atoms with Gasteiger partial charge in [0, 0.05) is 21.5 Å². The van der Waals surface area contributed by atoms with Crippen molar-refractivity contribution in [2.45, 2.75) is 6.92 Å². The summed E-state index contributed by atoms with van der Waals surface area (Å²) in [5.74, 6) is 0.411. The highest BCUT2D eigenvalue weighted by Crippen LogP contribution is 2.42. The summed E-state index contributed by atoms with van der Waals surface area (Å²) < 4.78 is 1.14. The Hall–Kier alpha value is -1.15. The highest BCUT2D eigenvalue weighted by atomic mass is 79.9. The summed E-state index contributed by atoms with van der Waals surface area (Å²) in [6, 6.07) is 8.30. The molecule has 1 aromatic rings. The molecule has 1 unspecified atom stereocenters. The Kier molecular flexibility index (Phi) is 1.93. The summed E-state index contributed by atoms with van der Waals surface area (Å²) >= 11 is 3.60. The van der Waals surface area contributed by atoms with Gasteiger partial charge in [0.2, 0.25) is 0 Å². The number of aliphatic imine (C=N–C) groups is 1. The van der Waals surface area contributed by atoms with Crippen molar-refractivity contribution in [2.75, 3.05) is 0 Å². The monoisotopic (exact) mass is 259 g/mol. The lowest BCUT2D eigenvalue weighted by atomic mass is 9.91. The zero-order chi connectivity index (χ0) is 10.4. The minimum absolute atomic E-state index is 0.411. The summed E-state index contributed by atoms with van der Waals surface area (Å²) in [5.41, 5.74) is 4.79. The Morgan fingerprint density at radius 3 is 2.93 bits per heavy atom. The van der Waals surface area contributed by atoms with Crippen molar-refractivity contribution in [2.24, 2.45) is 10.9 Å². The van der Waals surface area contributed by atoms with Crippen LogP contribution < -0.4 is 0 Å². The average molecular weight is 260 g/mol. The first kappa shape index (κ1) is 9.10. The van der Waals surface area contributed by atoms with Crippen LogP contribution >= 0.6 is 15.9 Å². The Bertz CT molecular complexity index is 523. The molecule has 0 fully saturated rings. The molecule has 1 nitrogen and oxygen atoms in total. The zero-order valence-electron chi connectivity index (χ0n) is 8.37. The number of benzene rings is 1. The maximum atomic E-state index is 4.68. The van der Waals surface area contributed by atoms with Crippen LogP contribution in [0.4, 0.5) is 5.69 Å². The molecule has 1 atom stereocenters. The van der Waals surface area contributed by atoms with Gasteiger partial charge < -0.3 is 0 Å². The van der Waals surface area contributed by atoms with Gasteiger partial charge in [-0.3, -0.25) is 4.99 Å². The number of rotatable bonds is 0. The molecular formula is C13H10BrN. The quantitative estimate of drug-likeness (QED) is 0.666. The van der Waals surface area contributed by atoms with Gasteiger partial charge in [-0.15, -0.1) is 0 Å². The van der Waals surface area contributed by atoms with Crippen LogP contribution in [0.5, 0.6) is 0 Å². The second-order valence-corrected chi connectivity index (χ2v) is 4.74. The summed E-state index contributed by atoms with van der Waals surface area (Å²) in [6.07, 6.45) is 4.30. The van der Waals surface area contributed by atoms with E-state index in [1.807, 2.05) is 6.07 Å². The Balaban J connectivity index is 2.29. The molecular weight excluding hydrogens is 250 g/mol. The summed E-state index contributed by atoms with van der Waals surface area (Å²) in [6.45, 7) is 2.18. The summed E-state index contributed by atoms with van der Waals surface area (Å²) in [7, 11) is 0. The summed E-state index contributed by atoms with van der Waals surface area (Å²) in [5, 5.41) is 0. The molecule has 1 aromatic carbocycles. The van der Waals surface area contributed by atoms with Gasteiger partial charge in [-0.1, -0.05) is 53.2 Å².